The zero-order chi connectivity index (χ0) is 16.4. The molecule has 0 aromatic carbocycles. The van der Waals surface area contributed by atoms with Crippen LogP contribution < -0.4 is 10.6 Å². The normalized spacial score (nSPS) is 19.3. The predicted octanol–water partition coefficient (Wildman–Crippen LogP) is 3.26. The zero-order valence-corrected chi connectivity index (χ0v) is 13.8. The average molecular weight is 346 g/mol. The minimum absolute atomic E-state index is 0.248. The molecule has 0 bridgehead atoms. The molecule has 2 aliphatic carbocycles. The second kappa shape index (κ2) is 6.67. The summed E-state index contributed by atoms with van der Waals surface area (Å²) >= 11 is 1.01. The van der Waals surface area contributed by atoms with Gasteiger partial charge >= 0.3 is 6.18 Å². The van der Waals surface area contributed by atoms with E-state index in [9.17, 15) is 13.2 Å². The van der Waals surface area contributed by atoms with E-state index in [1.807, 2.05) is 0 Å². The lowest BCUT2D eigenvalue weighted by atomic mass is 9.98. The third-order valence-electron chi connectivity index (χ3n) is 4.43. The van der Waals surface area contributed by atoms with Gasteiger partial charge in [-0.1, -0.05) is 0 Å². The standard InChI is InChI=1S/C15H21F3N4S/c1-19-14(20-6-11(9-2-3-9)10-4-5-10)21-7-13-22-12(8-23-13)15(16,17)18/h8-11H,2-7H2,1H3,(H2,19,20,21). The van der Waals surface area contributed by atoms with E-state index < -0.39 is 11.9 Å². The van der Waals surface area contributed by atoms with E-state index in [4.69, 9.17) is 0 Å². The molecular formula is C15H21F3N4S. The number of halogens is 3. The van der Waals surface area contributed by atoms with Crippen molar-refractivity contribution in [1.82, 2.24) is 15.6 Å². The Morgan fingerprint density at radius 3 is 2.43 bits per heavy atom. The maximum atomic E-state index is 12.5. The van der Waals surface area contributed by atoms with Crippen molar-refractivity contribution < 1.29 is 13.2 Å². The van der Waals surface area contributed by atoms with Crippen LogP contribution in [0.25, 0.3) is 0 Å². The highest BCUT2D eigenvalue weighted by Gasteiger charge is 2.41. The Balaban J connectivity index is 1.46. The first-order chi connectivity index (χ1) is 11.0. The summed E-state index contributed by atoms with van der Waals surface area (Å²) in [5.41, 5.74) is -0.829. The third kappa shape index (κ3) is 4.59. The molecule has 0 radical (unpaired) electrons. The number of rotatable bonds is 6. The zero-order valence-electron chi connectivity index (χ0n) is 13.0. The maximum absolute atomic E-state index is 12.5. The second-order valence-corrected chi connectivity index (χ2v) is 7.21. The number of nitrogens with zero attached hydrogens (tertiary/aromatic N) is 2. The highest BCUT2D eigenvalue weighted by atomic mass is 32.1. The van der Waals surface area contributed by atoms with Crippen LogP contribution in [0.3, 0.4) is 0 Å². The summed E-state index contributed by atoms with van der Waals surface area (Å²) in [5, 5.41) is 7.81. The van der Waals surface area contributed by atoms with Gasteiger partial charge in [-0.05, 0) is 43.4 Å². The molecule has 1 heterocycles. The second-order valence-electron chi connectivity index (χ2n) is 6.27. The lowest BCUT2D eigenvalue weighted by Crippen LogP contribution is -2.40. The molecule has 0 saturated heterocycles. The SMILES string of the molecule is CN=C(NCc1nc(C(F)(F)F)cs1)NCC(C1CC1)C1CC1. The van der Waals surface area contributed by atoms with E-state index in [0.29, 0.717) is 16.9 Å². The minimum atomic E-state index is -4.38. The molecular weight excluding hydrogens is 325 g/mol. The lowest BCUT2D eigenvalue weighted by Gasteiger charge is -2.18. The van der Waals surface area contributed by atoms with Gasteiger partial charge < -0.3 is 10.6 Å². The van der Waals surface area contributed by atoms with Crippen LogP contribution in [0.2, 0.25) is 0 Å². The van der Waals surface area contributed by atoms with Crippen LogP contribution in [-0.4, -0.2) is 24.5 Å². The van der Waals surface area contributed by atoms with E-state index >= 15 is 0 Å². The van der Waals surface area contributed by atoms with Gasteiger partial charge in [0.25, 0.3) is 0 Å². The van der Waals surface area contributed by atoms with Crippen molar-refractivity contribution in [2.75, 3.05) is 13.6 Å². The number of nitrogens with one attached hydrogen (secondary N) is 2. The van der Waals surface area contributed by atoms with E-state index in [2.05, 4.69) is 20.6 Å². The Morgan fingerprint density at radius 1 is 1.30 bits per heavy atom. The summed E-state index contributed by atoms with van der Waals surface area (Å²) < 4.78 is 37.6. The number of hydrogen-bond donors (Lipinski definition) is 2. The molecule has 0 unspecified atom stereocenters. The molecule has 8 heteroatoms. The van der Waals surface area contributed by atoms with Gasteiger partial charge in [0.2, 0.25) is 0 Å². The highest BCUT2D eigenvalue weighted by Crippen LogP contribution is 2.48. The van der Waals surface area contributed by atoms with Crippen LogP contribution in [0.1, 0.15) is 36.4 Å². The number of aliphatic imine (C=N–C) groups is 1. The van der Waals surface area contributed by atoms with E-state index in [-0.39, 0.29) is 6.54 Å². The number of guanidine groups is 1. The fraction of sp³-hybridized carbons (Fsp3) is 0.733. The van der Waals surface area contributed by atoms with Crippen LogP contribution in [0.5, 0.6) is 0 Å². The van der Waals surface area contributed by atoms with Crippen LogP contribution in [0.15, 0.2) is 10.4 Å². The summed E-state index contributed by atoms with van der Waals surface area (Å²) in [5.74, 6) is 3.04. The molecule has 128 valence electrons. The van der Waals surface area contributed by atoms with Gasteiger partial charge in [0.1, 0.15) is 5.01 Å². The smallest absolute Gasteiger partial charge is 0.356 e. The summed E-state index contributed by atoms with van der Waals surface area (Å²) in [7, 11) is 1.67. The summed E-state index contributed by atoms with van der Waals surface area (Å²) in [6.45, 7) is 1.14. The fourth-order valence-electron chi connectivity index (χ4n) is 2.88. The quantitative estimate of drug-likeness (QED) is 0.614. The third-order valence-corrected chi connectivity index (χ3v) is 5.28. The average Bonchev–Trinajstić information content (AvgIpc) is 3.42. The van der Waals surface area contributed by atoms with Gasteiger partial charge in [-0.3, -0.25) is 4.99 Å². The van der Waals surface area contributed by atoms with Gasteiger partial charge in [-0.2, -0.15) is 13.2 Å². The topological polar surface area (TPSA) is 49.3 Å². The number of aromatic nitrogens is 1. The molecule has 1 aromatic heterocycles. The molecule has 0 amide bonds. The fourth-order valence-corrected chi connectivity index (χ4v) is 3.62. The first-order valence-corrected chi connectivity index (χ1v) is 8.81. The van der Waals surface area contributed by atoms with Crippen LogP contribution in [0.4, 0.5) is 13.2 Å². The molecule has 1 aromatic rings. The summed E-state index contributed by atoms with van der Waals surface area (Å²) in [6, 6.07) is 0. The summed E-state index contributed by atoms with van der Waals surface area (Å²) in [4.78, 5) is 7.75. The van der Waals surface area contributed by atoms with Gasteiger partial charge in [-0.15, -0.1) is 11.3 Å². The molecule has 2 N–H and O–H groups in total. The lowest BCUT2D eigenvalue weighted by molar-refractivity contribution is -0.140. The molecule has 3 rings (SSSR count). The predicted molar refractivity (Wildman–Crippen MR) is 84.3 cm³/mol. The Hall–Kier alpha value is -1.31. The van der Waals surface area contributed by atoms with Crippen molar-refractivity contribution in [3.63, 3.8) is 0 Å². The van der Waals surface area contributed by atoms with Gasteiger partial charge in [-0.25, -0.2) is 4.98 Å². The van der Waals surface area contributed by atoms with Gasteiger partial charge in [0, 0.05) is 19.0 Å². The molecule has 0 aliphatic heterocycles. The van der Waals surface area contributed by atoms with Crippen molar-refractivity contribution in [3.05, 3.63) is 16.1 Å². The molecule has 2 fully saturated rings. The Kier molecular flexibility index (Phi) is 4.79. The van der Waals surface area contributed by atoms with Crippen LogP contribution >= 0.6 is 11.3 Å². The van der Waals surface area contributed by atoms with Crippen molar-refractivity contribution >= 4 is 17.3 Å². The Morgan fingerprint density at radius 2 is 1.96 bits per heavy atom. The molecule has 23 heavy (non-hydrogen) atoms. The number of alkyl halides is 3. The molecule has 2 aliphatic rings. The van der Waals surface area contributed by atoms with Crippen molar-refractivity contribution in [2.45, 2.75) is 38.4 Å². The van der Waals surface area contributed by atoms with Crippen LogP contribution in [0, 0.1) is 17.8 Å². The molecule has 4 nitrogen and oxygen atoms in total. The molecule has 0 atom stereocenters. The van der Waals surface area contributed by atoms with E-state index in [0.717, 1.165) is 35.1 Å². The van der Waals surface area contributed by atoms with E-state index in [1.165, 1.54) is 25.7 Å². The van der Waals surface area contributed by atoms with Gasteiger partial charge in [0.15, 0.2) is 11.7 Å². The van der Waals surface area contributed by atoms with Crippen molar-refractivity contribution in [2.24, 2.45) is 22.7 Å². The van der Waals surface area contributed by atoms with Crippen molar-refractivity contribution in [1.29, 1.82) is 0 Å². The first kappa shape index (κ1) is 16.5. The Labute approximate surface area is 137 Å². The van der Waals surface area contributed by atoms with E-state index in [1.54, 1.807) is 7.05 Å². The summed E-state index contributed by atoms with van der Waals surface area (Å²) in [6.07, 6.45) is 0.932. The number of thiazole rings is 1. The van der Waals surface area contributed by atoms with Crippen LogP contribution in [-0.2, 0) is 12.7 Å². The first-order valence-electron chi connectivity index (χ1n) is 7.93. The molecule has 2 saturated carbocycles. The van der Waals surface area contributed by atoms with Gasteiger partial charge in [0.05, 0.1) is 6.54 Å². The monoisotopic (exact) mass is 346 g/mol. The minimum Gasteiger partial charge on any atom is -0.356 e. The largest absolute Gasteiger partial charge is 0.434 e. The molecule has 0 spiro atoms. The highest BCUT2D eigenvalue weighted by molar-refractivity contribution is 7.09. The number of hydrogen-bond acceptors (Lipinski definition) is 3. The Bertz CT molecular complexity index is 549. The van der Waals surface area contributed by atoms with Crippen molar-refractivity contribution in [3.8, 4) is 0 Å². The maximum Gasteiger partial charge on any atom is 0.434 e.